The van der Waals surface area contributed by atoms with Gasteiger partial charge in [-0.1, -0.05) is 133 Å². The molecule has 8 aromatic carbocycles. The fourth-order valence-corrected chi connectivity index (χ4v) is 9.77. The highest BCUT2D eigenvalue weighted by Gasteiger charge is 2.51. The molecule has 0 amide bonds. The summed E-state index contributed by atoms with van der Waals surface area (Å²) in [6.45, 7) is 0. The number of rotatable bonds is 4. The van der Waals surface area contributed by atoms with Crippen molar-refractivity contribution in [2.24, 2.45) is 0 Å². The van der Waals surface area contributed by atoms with Crippen molar-refractivity contribution in [2.45, 2.75) is 5.41 Å². The third-order valence-electron chi connectivity index (χ3n) is 12.2. The zero-order chi connectivity index (χ0) is 37.7. The van der Waals surface area contributed by atoms with Crippen LogP contribution in [0.2, 0.25) is 0 Å². The Labute approximate surface area is 329 Å². The van der Waals surface area contributed by atoms with Crippen LogP contribution in [0.1, 0.15) is 22.3 Å². The number of aromatic hydroxyl groups is 1. The molecule has 1 atom stereocenters. The van der Waals surface area contributed by atoms with Crippen LogP contribution in [0.4, 0.5) is 0 Å². The van der Waals surface area contributed by atoms with Gasteiger partial charge in [0.2, 0.25) is 0 Å². The van der Waals surface area contributed by atoms with Crippen LogP contribution in [0.5, 0.6) is 5.75 Å². The SMILES string of the molecule is Oc1ccc(-c2ccc3c(c2)C2(c4ccccc4-c4ccc(-c5ccc(-c6nc7ccccc7n6-c6ccccc6)cc5)cc42)c2ccccc2-3)c2cccnc12. The Hall–Kier alpha value is -7.56. The summed E-state index contributed by atoms with van der Waals surface area (Å²) in [5, 5.41) is 11.6. The van der Waals surface area contributed by atoms with E-state index in [1.54, 1.807) is 12.3 Å². The lowest BCUT2D eigenvalue weighted by molar-refractivity contribution is 0.480. The van der Waals surface area contributed by atoms with Crippen molar-refractivity contribution in [2.75, 3.05) is 0 Å². The summed E-state index contributed by atoms with van der Waals surface area (Å²) < 4.78 is 2.25. The highest BCUT2D eigenvalue weighted by atomic mass is 16.3. The van der Waals surface area contributed by atoms with Crippen LogP contribution in [-0.2, 0) is 5.41 Å². The van der Waals surface area contributed by atoms with Gasteiger partial charge in [0.1, 0.15) is 17.1 Å². The van der Waals surface area contributed by atoms with Gasteiger partial charge in [-0.3, -0.25) is 9.55 Å². The minimum absolute atomic E-state index is 0.188. The summed E-state index contributed by atoms with van der Waals surface area (Å²) in [6, 6.07) is 67.2. The van der Waals surface area contributed by atoms with Gasteiger partial charge in [0, 0.05) is 22.8 Å². The molecule has 0 saturated carbocycles. The number of imidazole rings is 1. The largest absolute Gasteiger partial charge is 0.506 e. The molecule has 0 aliphatic heterocycles. The molecule has 0 saturated heterocycles. The lowest BCUT2D eigenvalue weighted by Gasteiger charge is -2.31. The minimum atomic E-state index is -0.519. The molecule has 2 heterocycles. The molecule has 2 aromatic heterocycles. The van der Waals surface area contributed by atoms with E-state index in [-0.39, 0.29) is 5.75 Å². The summed E-state index contributed by atoms with van der Waals surface area (Å²) >= 11 is 0. The molecule has 0 fully saturated rings. The van der Waals surface area contributed by atoms with Crippen LogP contribution >= 0.6 is 0 Å². The van der Waals surface area contributed by atoms with Crippen molar-refractivity contribution in [3.8, 4) is 67.3 Å². The molecular formula is C53H33N3O. The van der Waals surface area contributed by atoms with Gasteiger partial charge in [-0.25, -0.2) is 4.98 Å². The number of phenols is 1. The van der Waals surface area contributed by atoms with Gasteiger partial charge in [-0.15, -0.1) is 0 Å². The van der Waals surface area contributed by atoms with Gasteiger partial charge in [-0.2, -0.15) is 0 Å². The van der Waals surface area contributed by atoms with Crippen LogP contribution < -0.4 is 0 Å². The molecule has 0 radical (unpaired) electrons. The normalized spacial score (nSPS) is 14.8. The van der Waals surface area contributed by atoms with E-state index in [2.05, 4.69) is 161 Å². The Balaban J connectivity index is 1.04. The third kappa shape index (κ3) is 4.44. The topological polar surface area (TPSA) is 50.9 Å². The number of para-hydroxylation sites is 3. The Morgan fingerprint density at radius 1 is 0.439 bits per heavy atom. The maximum atomic E-state index is 10.7. The summed E-state index contributed by atoms with van der Waals surface area (Å²) in [4.78, 5) is 9.66. The summed E-state index contributed by atoms with van der Waals surface area (Å²) in [5.41, 5.74) is 18.9. The number of hydrogen-bond acceptors (Lipinski definition) is 3. The second-order valence-corrected chi connectivity index (χ2v) is 15.1. The van der Waals surface area contributed by atoms with E-state index in [4.69, 9.17) is 4.98 Å². The summed E-state index contributed by atoms with van der Waals surface area (Å²) in [6.07, 6.45) is 1.74. The monoisotopic (exact) mass is 727 g/mol. The molecule has 1 spiro atoms. The Morgan fingerprint density at radius 2 is 1.02 bits per heavy atom. The Kier molecular flexibility index (Phi) is 6.67. The fourth-order valence-electron chi connectivity index (χ4n) is 9.77. The molecule has 1 N–H and O–H groups in total. The molecule has 57 heavy (non-hydrogen) atoms. The van der Waals surface area contributed by atoms with E-state index in [0.29, 0.717) is 5.52 Å². The van der Waals surface area contributed by atoms with E-state index in [1.165, 1.54) is 50.1 Å². The van der Waals surface area contributed by atoms with Gasteiger partial charge >= 0.3 is 0 Å². The zero-order valence-electron chi connectivity index (χ0n) is 30.8. The maximum absolute atomic E-state index is 10.7. The molecule has 1 unspecified atom stereocenters. The van der Waals surface area contributed by atoms with E-state index >= 15 is 0 Å². The third-order valence-corrected chi connectivity index (χ3v) is 12.2. The Bertz CT molecular complexity index is 3240. The van der Waals surface area contributed by atoms with Gasteiger partial charge in [-0.05, 0) is 121 Å². The molecule has 2 aliphatic rings. The number of nitrogens with zero attached hydrogens (tertiary/aromatic N) is 3. The van der Waals surface area contributed by atoms with Crippen LogP contribution in [0.25, 0.3) is 83.5 Å². The standard InChI is InChI=1S/C53H33N3O/c57-50-29-28-38(43-15-10-30-54-51(43)50)36-25-27-42-40-14-5-7-17-45(40)53(47(42)32-36)44-16-6-4-13-39(44)41-26-24-35(31-46(41)53)33-20-22-34(23-21-33)52-55-48-18-8-9-19-49(48)56(52)37-11-2-1-3-12-37/h1-32,57H. The number of fused-ring (bicyclic) bond motifs is 12. The van der Waals surface area contributed by atoms with Gasteiger partial charge in [0.15, 0.2) is 0 Å². The second-order valence-electron chi connectivity index (χ2n) is 15.1. The predicted molar refractivity (Wildman–Crippen MR) is 231 cm³/mol. The highest BCUT2D eigenvalue weighted by molar-refractivity contribution is 6.01. The van der Waals surface area contributed by atoms with E-state index in [9.17, 15) is 5.11 Å². The molecule has 2 aliphatic carbocycles. The van der Waals surface area contributed by atoms with Crippen LogP contribution in [0.15, 0.2) is 194 Å². The fraction of sp³-hybridized carbons (Fsp3) is 0.0189. The summed E-state index contributed by atoms with van der Waals surface area (Å²) in [5.74, 6) is 1.11. The summed E-state index contributed by atoms with van der Waals surface area (Å²) in [7, 11) is 0. The first-order valence-electron chi connectivity index (χ1n) is 19.4. The second kappa shape index (κ2) is 12.0. The van der Waals surface area contributed by atoms with Crippen molar-refractivity contribution < 1.29 is 5.11 Å². The average molecular weight is 728 g/mol. The molecule has 266 valence electrons. The average Bonchev–Trinajstić information content (AvgIpc) is 3.91. The lowest BCUT2D eigenvalue weighted by atomic mass is 9.70. The van der Waals surface area contributed by atoms with Crippen molar-refractivity contribution in [3.63, 3.8) is 0 Å². The van der Waals surface area contributed by atoms with Crippen LogP contribution in [0, 0.1) is 0 Å². The van der Waals surface area contributed by atoms with Crippen LogP contribution in [-0.4, -0.2) is 19.6 Å². The van der Waals surface area contributed by atoms with Gasteiger partial charge in [0.25, 0.3) is 0 Å². The van der Waals surface area contributed by atoms with E-state index < -0.39 is 5.41 Å². The first kappa shape index (κ1) is 31.8. The minimum Gasteiger partial charge on any atom is -0.506 e. The molecule has 4 heteroatoms. The number of phenolic OH excluding ortho intramolecular Hbond substituents is 1. The van der Waals surface area contributed by atoms with Crippen molar-refractivity contribution in [1.29, 1.82) is 0 Å². The highest BCUT2D eigenvalue weighted by Crippen LogP contribution is 2.63. The number of aromatic nitrogens is 3. The molecular weight excluding hydrogens is 695 g/mol. The van der Waals surface area contributed by atoms with Crippen molar-refractivity contribution in [3.05, 3.63) is 217 Å². The quantitative estimate of drug-likeness (QED) is 0.196. The molecule has 4 nitrogen and oxygen atoms in total. The van der Waals surface area contributed by atoms with Crippen molar-refractivity contribution >= 4 is 21.9 Å². The van der Waals surface area contributed by atoms with Gasteiger partial charge in [0.05, 0.1) is 16.4 Å². The first-order valence-corrected chi connectivity index (χ1v) is 19.4. The first-order chi connectivity index (χ1) is 28.2. The molecule has 12 rings (SSSR count). The van der Waals surface area contributed by atoms with Gasteiger partial charge < -0.3 is 5.11 Å². The molecule has 10 aromatic rings. The van der Waals surface area contributed by atoms with E-state index in [0.717, 1.165) is 50.2 Å². The smallest absolute Gasteiger partial charge is 0.145 e. The maximum Gasteiger partial charge on any atom is 0.145 e. The number of benzene rings is 8. The number of hydrogen-bond donors (Lipinski definition) is 1. The molecule has 0 bridgehead atoms. The van der Waals surface area contributed by atoms with Crippen LogP contribution in [0.3, 0.4) is 0 Å². The zero-order valence-corrected chi connectivity index (χ0v) is 30.8. The Morgan fingerprint density at radius 3 is 1.77 bits per heavy atom. The predicted octanol–water partition coefficient (Wildman–Crippen LogP) is 12.6. The van der Waals surface area contributed by atoms with Crippen molar-refractivity contribution in [1.82, 2.24) is 14.5 Å². The number of pyridine rings is 1. The lowest BCUT2D eigenvalue weighted by Crippen LogP contribution is -2.26. The van der Waals surface area contributed by atoms with E-state index in [1.807, 2.05) is 30.3 Å².